The van der Waals surface area contributed by atoms with Crippen LogP contribution in [0.4, 0.5) is 19.1 Å². The van der Waals surface area contributed by atoms with Gasteiger partial charge >= 0.3 is 6.18 Å². The molecule has 0 N–H and O–H groups in total. The van der Waals surface area contributed by atoms with E-state index in [9.17, 15) is 13.2 Å². The van der Waals surface area contributed by atoms with Crippen LogP contribution in [0.2, 0.25) is 0 Å². The summed E-state index contributed by atoms with van der Waals surface area (Å²) >= 11 is 0. The molecule has 0 radical (unpaired) electrons. The Balaban J connectivity index is 1.84. The lowest BCUT2D eigenvalue weighted by Crippen LogP contribution is -2.43. The predicted octanol–water partition coefficient (Wildman–Crippen LogP) is 2.75. The van der Waals surface area contributed by atoms with E-state index in [0.29, 0.717) is 13.1 Å². The van der Waals surface area contributed by atoms with Crippen molar-refractivity contribution in [3.8, 4) is 0 Å². The first kappa shape index (κ1) is 14.8. The van der Waals surface area contributed by atoms with Gasteiger partial charge in [-0.1, -0.05) is 0 Å². The Kier molecular flexibility index (Phi) is 4.00. The van der Waals surface area contributed by atoms with Crippen LogP contribution in [0.3, 0.4) is 0 Å². The second kappa shape index (κ2) is 5.94. The molecule has 0 aromatic carbocycles. The molecule has 5 nitrogen and oxygen atoms in total. The molecule has 2 aromatic heterocycles. The van der Waals surface area contributed by atoms with Crippen LogP contribution in [0.1, 0.15) is 25.0 Å². The molecule has 1 aliphatic heterocycles. The molecule has 0 spiro atoms. The lowest BCUT2D eigenvalue weighted by Gasteiger charge is -2.35. The first-order chi connectivity index (χ1) is 10.5. The summed E-state index contributed by atoms with van der Waals surface area (Å²) in [5.41, 5.74) is -0.902. The number of alkyl halides is 3. The van der Waals surface area contributed by atoms with Crippen molar-refractivity contribution < 1.29 is 13.2 Å². The van der Waals surface area contributed by atoms with Gasteiger partial charge in [0.1, 0.15) is 5.69 Å². The van der Waals surface area contributed by atoms with Crippen LogP contribution in [0.25, 0.3) is 0 Å². The molecule has 0 saturated carbocycles. The molecule has 1 aliphatic rings. The first-order valence-corrected chi connectivity index (χ1v) is 7.18. The first-order valence-electron chi connectivity index (χ1n) is 7.18. The van der Waals surface area contributed by atoms with E-state index >= 15 is 0 Å². The lowest BCUT2D eigenvalue weighted by atomic mass is 10.0. The number of hydrogen-bond donors (Lipinski definition) is 0. The Morgan fingerprint density at radius 3 is 2.82 bits per heavy atom. The van der Waals surface area contributed by atoms with Gasteiger partial charge in [0.05, 0.1) is 12.6 Å². The van der Waals surface area contributed by atoms with E-state index in [-0.39, 0.29) is 12.0 Å². The molecule has 0 aliphatic carbocycles. The van der Waals surface area contributed by atoms with Crippen LogP contribution < -0.4 is 4.90 Å². The van der Waals surface area contributed by atoms with E-state index in [0.717, 1.165) is 25.3 Å². The van der Waals surface area contributed by atoms with Crippen LogP contribution in [-0.2, 0) is 12.7 Å². The molecule has 22 heavy (non-hydrogen) atoms. The Labute approximate surface area is 125 Å². The Bertz CT molecular complexity index is 611. The van der Waals surface area contributed by atoms with Crippen LogP contribution in [0, 0.1) is 0 Å². The average molecular weight is 311 g/mol. The van der Waals surface area contributed by atoms with Gasteiger partial charge in [-0.15, -0.1) is 0 Å². The monoisotopic (exact) mass is 311 g/mol. The van der Waals surface area contributed by atoms with Crippen LogP contribution in [0.15, 0.2) is 30.7 Å². The lowest BCUT2D eigenvalue weighted by molar-refractivity contribution is -0.141. The van der Waals surface area contributed by atoms with Gasteiger partial charge < -0.3 is 4.90 Å². The van der Waals surface area contributed by atoms with Crippen molar-refractivity contribution in [3.05, 3.63) is 36.4 Å². The van der Waals surface area contributed by atoms with Gasteiger partial charge in [-0.05, 0) is 31.4 Å². The fourth-order valence-electron chi connectivity index (χ4n) is 2.72. The smallest absolute Gasteiger partial charge is 0.336 e. The molecule has 0 amide bonds. The highest BCUT2D eigenvalue weighted by atomic mass is 19.4. The van der Waals surface area contributed by atoms with Crippen molar-refractivity contribution >= 4 is 5.95 Å². The Hall–Kier alpha value is -2.12. The minimum Gasteiger partial charge on any atom is -0.336 e. The Morgan fingerprint density at radius 1 is 1.23 bits per heavy atom. The largest absolute Gasteiger partial charge is 0.433 e. The molecular weight excluding hydrogens is 295 g/mol. The SMILES string of the molecule is FC(F)(F)c1ccnc(N2CCCC[C@H]2Cn2cccn2)n1. The van der Waals surface area contributed by atoms with Gasteiger partial charge in [0.2, 0.25) is 5.95 Å². The third-order valence-electron chi connectivity index (χ3n) is 3.77. The minimum atomic E-state index is -4.45. The molecule has 0 bridgehead atoms. The van der Waals surface area contributed by atoms with E-state index in [2.05, 4.69) is 15.1 Å². The molecule has 8 heteroatoms. The molecule has 3 rings (SSSR count). The standard InChI is InChI=1S/C14H16F3N5/c15-14(16,17)12-5-7-18-13(20-12)22-9-2-1-4-11(22)10-21-8-3-6-19-21/h3,5-8,11H,1-2,4,9-10H2/t11-/m0/s1. The molecule has 1 saturated heterocycles. The van der Waals surface area contributed by atoms with Gasteiger partial charge in [-0.3, -0.25) is 4.68 Å². The van der Waals surface area contributed by atoms with Crippen molar-refractivity contribution in [2.45, 2.75) is 38.0 Å². The minimum absolute atomic E-state index is 0.0529. The number of halogens is 3. The highest BCUT2D eigenvalue weighted by Gasteiger charge is 2.34. The zero-order chi connectivity index (χ0) is 15.6. The molecule has 118 valence electrons. The number of piperidine rings is 1. The molecular formula is C14H16F3N5. The highest BCUT2D eigenvalue weighted by molar-refractivity contribution is 5.33. The quantitative estimate of drug-likeness (QED) is 0.874. The predicted molar refractivity (Wildman–Crippen MR) is 74.2 cm³/mol. The molecule has 0 unspecified atom stereocenters. The van der Waals surface area contributed by atoms with Crippen LogP contribution in [0.5, 0.6) is 0 Å². The van der Waals surface area contributed by atoms with E-state index in [4.69, 9.17) is 0 Å². The number of nitrogens with zero attached hydrogens (tertiary/aromatic N) is 5. The van der Waals surface area contributed by atoms with Gasteiger partial charge in [-0.25, -0.2) is 9.97 Å². The fraction of sp³-hybridized carbons (Fsp3) is 0.500. The average Bonchev–Trinajstić information content (AvgIpc) is 3.00. The number of hydrogen-bond acceptors (Lipinski definition) is 4. The second-order valence-electron chi connectivity index (χ2n) is 5.31. The topological polar surface area (TPSA) is 46.8 Å². The summed E-state index contributed by atoms with van der Waals surface area (Å²) in [5, 5.41) is 4.16. The molecule has 1 atom stereocenters. The van der Waals surface area contributed by atoms with Gasteiger partial charge in [0, 0.05) is 25.1 Å². The zero-order valence-electron chi connectivity index (χ0n) is 11.9. The van der Waals surface area contributed by atoms with E-state index in [1.165, 1.54) is 6.20 Å². The van der Waals surface area contributed by atoms with Crippen molar-refractivity contribution in [3.63, 3.8) is 0 Å². The van der Waals surface area contributed by atoms with Crippen LogP contribution >= 0.6 is 0 Å². The maximum absolute atomic E-state index is 12.8. The third kappa shape index (κ3) is 3.20. The summed E-state index contributed by atoms with van der Waals surface area (Å²) in [6.45, 7) is 1.28. The van der Waals surface area contributed by atoms with Gasteiger partial charge in [0.25, 0.3) is 0 Å². The third-order valence-corrected chi connectivity index (χ3v) is 3.77. The van der Waals surface area contributed by atoms with Crippen molar-refractivity contribution in [2.75, 3.05) is 11.4 Å². The molecule has 3 heterocycles. The van der Waals surface area contributed by atoms with Crippen molar-refractivity contribution in [1.29, 1.82) is 0 Å². The number of rotatable bonds is 3. The summed E-state index contributed by atoms with van der Waals surface area (Å²) in [7, 11) is 0. The molecule has 2 aromatic rings. The van der Waals surface area contributed by atoms with E-state index in [1.54, 1.807) is 10.9 Å². The summed E-state index contributed by atoms with van der Waals surface area (Å²) in [4.78, 5) is 9.61. The van der Waals surface area contributed by atoms with Gasteiger partial charge in [0.15, 0.2) is 0 Å². The van der Waals surface area contributed by atoms with E-state index in [1.807, 2.05) is 17.2 Å². The zero-order valence-corrected chi connectivity index (χ0v) is 11.9. The maximum atomic E-state index is 12.8. The summed E-state index contributed by atoms with van der Waals surface area (Å²) in [6.07, 6.45) is 3.11. The molecule has 1 fully saturated rings. The van der Waals surface area contributed by atoms with Gasteiger partial charge in [-0.2, -0.15) is 18.3 Å². The maximum Gasteiger partial charge on any atom is 0.433 e. The number of anilines is 1. The van der Waals surface area contributed by atoms with E-state index < -0.39 is 11.9 Å². The summed E-state index contributed by atoms with van der Waals surface area (Å²) in [6, 6.07) is 2.78. The second-order valence-corrected chi connectivity index (χ2v) is 5.31. The normalized spacial score (nSPS) is 19.4. The Morgan fingerprint density at radius 2 is 2.09 bits per heavy atom. The van der Waals surface area contributed by atoms with Crippen molar-refractivity contribution in [2.24, 2.45) is 0 Å². The summed E-state index contributed by atoms with van der Waals surface area (Å²) < 4.78 is 40.2. The fourth-order valence-corrected chi connectivity index (χ4v) is 2.72. The summed E-state index contributed by atoms with van der Waals surface area (Å²) in [5.74, 6) is 0.145. The van der Waals surface area contributed by atoms with Crippen molar-refractivity contribution in [1.82, 2.24) is 19.7 Å². The van der Waals surface area contributed by atoms with Crippen LogP contribution in [-0.4, -0.2) is 32.3 Å². The highest BCUT2D eigenvalue weighted by Crippen LogP contribution is 2.29. The number of aromatic nitrogens is 4.